The monoisotopic (exact) mass is 423 g/mol. The summed E-state index contributed by atoms with van der Waals surface area (Å²) >= 11 is 1.01. The van der Waals surface area contributed by atoms with E-state index in [4.69, 9.17) is 4.74 Å². The van der Waals surface area contributed by atoms with Gasteiger partial charge in [0, 0.05) is 13.1 Å². The second kappa shape index (κ2) is 8.72. The van der Waals surface area contributed by atoms with Gasteiger partial charge in [-0.3, -0.25) is 20.4 Å². The molecule has 3 rings (SSSR count). The Balaban J connectivity index is 1.57. The molecular formula is C18H21N3O5S2. The number of thiophene rings is 1. The first-order chi connectivity index (χ1) is 13.4. The van der Waals surface area contributed by atoms with E-state index >= 15 is 0 Å². The molecule has 0 spiro atoms. The van der Waals surface area contributed by atoms with Crippen molar-refractivity contribution in [3.63, 3.8) is 0 Å². The predicted octanol–water partition coefficient (Wildman–Crippen LogP) is 1.68. The van der Waals surface area contributed by atoms with Gasteiger partial charge in [0.1, 0.15) is 15.5 Å². The lowest BCUT2D eigenvalue weighted by atomic mass is 10.2. The molecule has 150 valence electrons. The van der Waals surface area contributed by atoms with Crippen molar-refractivity contribution in [1.29, 1.82) is 0 Å². The van der Waals surface area contributed by atoms with Crippen molar-refractivity contribution in [1.82, 2.24) is 15.2 Å². The maximum absolute atomic E-state index is 12.7. The third-order valence-corrected chi connectivity index (χ3v) is 7.18. The predicted molar refractivity (Wildman–Crippen MR) is 105 cm³/mol. The SMILES string of the molecule is Cc1cccc(OCC(=O)NNC(=O)c2sccc2S(=O)(=O)N2CCCC2)c1. The van der Waals surface area contributed by atoms with Crippen LogP contribution in [-0.2, 0) is 14.8 Å². The maximum atomic E-state index is 12.7. The quantitative estimate of drug-likeness (QED) is 0.688. The molecule has 8 nitrogen and oxygen atoms in total. The minimum absolute atomic E-state index is 0.0341. The molecule has 28 heavy (non-hydrogen) atoms. The van der Waals surface area contributed by atoms with E-state index in [0.29, 0.717) is 18.8 Å². The molecule has 2 amide bonds. The van der Waals surface area contributed by atoms with Crippen molar-refractivity contribution in [2.24, 2.45) is 0 Å². The van der Waals surface area contributed by atoms with Crippen molar-refractivity contribution < 1.29 is 22.7 Å². The van der Waals surface area contributed by atoms with E-state index in [-0.39, 0.29) is 16.4 Å². The molecule has 1 saturated heterocycles. The molecule has 1 aromatic carbocycles. The number of nitrogens with one attached hydrogen (secondary N) is 2. The highest BCUT2D eigenvalue weighted by atomic mass is 32.2. The first-order valence-corrected chi connectivity index (χ1v) is 11.1. The Labute approximate surface area is 167 Å². The molecular weight excluding hydrogens is 402 g/mol. The van der Waals surface area contributed by atoms with Crippen molar-refractivity contribution in [3.8, 4) is 5.75 Å². The topological polar surface area (TPSA) is 105 Å². The van der Waals surface area contributed by atoms with Gasteiger partial charge >= 0.3 is 0 Å². The van der Waals surface area contributed by atoms with Gasteiger partial charge in [-0.1, -0.05) is 12.1 Å². The summed E-state index contributed by atoms with van der Waals surface area (Å²) in [5, 5.41) is 1.54. The summed E-state index contributed by atoms with van der Waals surface area (Å²) in [6, 6.07) is 8.63. The van der Waals surface area contributed by atoms with E-state index in [0.717, 1.165) is 29.7 Å². The van der Waals surface area contributed by atoms with Crippen molar-refractivity contribution in [2.75, 3.05) is 19.7 Å². The summed E-state index contributed by atoms with van der Waals surface area (Å²) < 4.78 is 32.1. The molecule has 1 aliphatic rings. The zero-order valence-corrected chi connectivity index (χ0v) is 16.9. The van der Waals surface area contributed by atoms with E-state index in [1.165, 1.54) is 10.4 Å². The molecule has 0 radical (unpaired) electrons. The Hall–Kier alpha value is -2.43. The number of benzene rings is 1. The number of amides is 2. The zero-order chi connectivity index (χ0) is 20.1. The fourth-order valence-electron chi connectivity index (χ4n) is 2.81. The number of sulfonamides is 1. The van der Waals surface area contributed by atoms with Crippen LogP contribution in [0.4, 0.5) is 0 Å². The van der Waals surface area contributed by atoms with Gasteiger partial charge in [0.25, 0.3) is 11.8 Å². The first-order valence-electron chi connectivity index (χ1n) is 8.74. The highest BCUT2D eigenvalue weighted by Crippen LogP contribution is 2.27. The van der Waals surface area contributed by atoms with Gasteiger partial charge in [-0.25, -0.2) is 8.42 Å². The van der Waals surface area contributed by atoms with Crippen LogP contribution in [0.5, 0.6) is 5.75 Å². The minimum Gasteiger partial charge on any atom is -0.484 e. The fraction of sp³-hybridized carbons (Fsp3) is 0.333. The van der Waals surface area contributed by atoms with Crippen LogP contribution < -0.4 is 15.6 Å². The normalized spacial score (nSPS) is 14.6. The number of hydrogen-bond acceptors (Lipinski definition) is 6. The number of aryl methyl sites for hydroxylation is 1. The molecule has 1 fully saturated rings. The summed E-state index contributed by atoms with van der Waals surface area (Å²) in [6.07, 6.45) is 1.61. The van der Waals surface area contributed by atoms with Crippen LogP contribution in [0.2, 0.25) is 0 Å². The Morgan fingerprint density at radius 3 is 2.64 bits per heavy atom. The molecule has 10 heteroatoms. The van der Waals surface area contributed by atoms with Gasteiger partial charge in [0.05, 0.1) is 0 Å². The van der Waals surface area contributed by atoms with Gasteiger partial charge in [0.2, 0.25) is 10.0 Å². The average molecular weight is 424 g/mol. The van der Waals surface area contributed by atoms with Crippen LogP contribution in [0, 0.1) is 6.92 Å². The van der Waals surface area contributed by atoms with Crippen LogP contribution in [0.15, 0.2) is 40.6 Å². The molecule has 0 aliphatic carbocycles. The van der Waals surface area contributed by atoms with Crippen molar-refractivity contribution >= 4 is 33.2 Å². The third kappa shape index (κ3) is 4.70. The zero-order valence-electron chi connectivity index (χ0n) is 15.3. The summed E-state index contributed by atoms with van der Waals surface area (Å²) in [5.41, 5.74) is 5.48. The van der Waals surface area contributed by atoms with E-state index in [1.807, 2.05) is 19.1 Å². The standard InChI is InChI=1S/C18H21N3O5S2/c1-13-5-4-6-14(11-13)26-12-16(22)19-20-18(23)17-15(7-10-27-17)28(24,25)21-8-2-3-9-21/h4-7,10-11H,2-3,8-9,12H2,1H3,(H,19,22)(H,20,23). The van der Waals surface area contributed by atoms with Gasteiger partial charge in [0.15, 0.2) is 6.61 Å². The summed E-state index contributed by atoms with van der Waals surface area (Å²) in [4.78, 5) is 24.3. The van der Waals surface area contributed by atoms with Crippen molar-refractivity contribution in [2.45, 2.75) is 24.7 Å². The molecule has 1 aromatic heterocycles. The van der Waals surface area contributed by atoms with E-state index in [1.54, 1.807) is 17.5 Å². The number of hydrogen-bond donors (Lipinski definition) is 2. The maximum Gasteiger partial charge on any atom is 0.281 e. The molecule has 0 unspecified atom stereocenters. The average Bonchev–Trinajstić information content (AvgIpc) is 3.36. The van der Waals surface area contributed by atoms with Crippen LogP contribution in [0.1, 0.15) is 28.1 Å². The lowest BCUT2D eigenvalue weighted by Gasteiger charge is -2.15. The molecule has 2 N–H and O–H groups in total. The second-order valence-corrected chi connectivity index (χ2v) is 9.16. The van der Waals surface area contributed by atoms with Crippen LogP contribution in [0.3, 0.4) is 0 Å². The smallest absolute Gasteiger partial charge is 0.281 e. The first kappa shape index (κ1) is 20.3. The molecule has 1 aliphatic heterocycles. The number of nitrogens with zero attached hydrogens (tertiary/aromatic N) is 1. The number of rotatable bonds is 6. The van der Waals surface area contributed by atoms with E-state index in [9.17, 15) is 18.0 Å². The van der Waals surface area contributed by atoms with Gasteiger partial charge in [-0.05, 0) is 48.9 Å². The minimum atomic E-state index is -3.71. The number of ether oxygens (including phenoxy) is 1. The molecule has 0 bridgehead atoms. The fourth-order valence-corrected chi connectivity index (χ4v) is 5.62. The van der Waals surface area contributed by atoms with Crippen LogP contribution in [0.25, 0.3) is 0 Å². The van der Waals surface area contributed by atoms with Crippen LogP contribution >= 0.6 is 11.3 Å². The Bertz CT molecular complexity index is 965. The number of carbonyl (C=O) groups excluding carboxylic acids is 2. The van der Waals surface area contributed by atoms with Crippen LogP contribution in [-0.4, -0.2) is 44.2 Å². The lowest BCUT2D eigenvalue weighted by molar-refractivity contribution is -0.123. The molecule has 0 saturated carbocycles. The summed E-state index contributed by atoms with van der Waals surface area (Å²) in [7, 11) is -3.71. The number of hydrazine groups is 1. The van der Waals surface area contributed by atoms with Crippen molar-refractivity contribution in [3.05, 3.63) is 46.2 Å². The van der Waals surface area contributed by atoms with E-state index < -0.39 is 21.8 Å². The van der Waals surface area contributed by atoms with Gasteiger partial charge < -0.3 is 4.74 Å². The highest BCUT2D eigenvalue weighted by Gasteiger charge is 2.31. The Kier molecular flexibility index (Phi) is 6.32. The second-order valence-electron chi connectivity index (χ2n) is 6.33. The molecule has 2 aromatic rings. The van der Waals surface area contributed by atoms with E-state index in [2.05, 4.69) is 10.9 Å². The van der Waals surface area contributed by atoms with Gasteiger partial charge in [-0.2, -0.15) is 4.31 Å². The largest absolute Gasteiger partial charge is 0.484 e. The molecule has 0 atom stereocenters. The highest BCUT2D eigenvalue weighted by molar-refractivity contribution is 7.89. The third-order valence-electron chi connectivity index (χ3n) is 4.19. The number of carbonyl (C=O) groups is 2. The summed E-state index contributed by atoms with van der Waals surface area (Å²) in [5.74, 6) is -0.703. The Morgan fingerprint density at radius 2 is 1.93 bits per heavy atom. The van der Waals surface area contributed by atoms with Gasteiger partial charge in [-0.15, -0.1) is 11.3 Å². The Morgan fingerprint density at radius 1 is 1.18 bits per heavy atom. The summed E-state index contributed by atoms with van der Waals surface area (Å²) in [6.45, 7) is 2.52. The lowest BCUT2D eigenvalue weighted by Crippen LogP contribution is -2.44. The molecule has 2 heterocycles.